The number of nitrogens with zero attached hydrogens (tertiary/aromatic N) is 2. The highest BCUT2D eigenvalue weighted by atomic mass is 19.3. The maximum atomic E-state index is 13.5. The second kappa shape index (κ2) is 8.61. The highest BCUT2D eigenvalue weighted by molar-refractivity contribution is 6.28. The summed E-state index contributed by atoms with van der Waals surface area (Å²) in [7, 11) is 0. The Hall–Kier alpha value is -3.29. The van der Waals surface area contributed by atoms with Crippen LogP contribution in [-0.4, -0.2) is 24.1 Å². The first kappa shape index (κ1) is 21.4. The zero-order valence-electron chi connectivity index (χ0n) is 17.0. The number of nitrogens with one attached hydrogen (secondary N) is 1. The highest BCUT2D eigenvalue weighted by Gasteiger charge is 2.40. The molecule has 1 N–H and O–H groups in total. The fraction of sp³-hybridized carbons (Fsp3) is 0.318. The molecule has 2 aromatic carbocycles. The Morgan fingerprint density at radius 3 is 2.57 bits per heavy atom. The summed E-state index contributed by atoms with van der Waals surface area (Å²) < 4.78 is 32.6. The number of hydrogen-bond acceptors (Lipinski definition) is 4. The van der Waals surface area contributed by atoms with Gasteiger partial charge in [0.2, 0.25) is 5.91 Å². The van der Waals surface area contributed by atoms with Crippen molar-refractivity contribution in [1.82, 2.24) is 0 Å². The molecular weight excluding hydrogens is 392 g/mol. The second-order valence-electron chi connectivity index (χ2n) is 7.13. The van der Waals surface area contributed by atoms with E-state index in [1.807, 2.05) is 6.92 Å². The molecule has 0 saturated heterocycles. The molecule has 1 aliphatic heterocycles. The minimum absolute atomic E-state index is 0.190. The van der Waals surface area contributed by atoms with Crippen molar-refractivity contribution in [3.8, 4) is 5.75 Å². The summed E-state index contributed by atoms with van der Waals surface area (Å²) in [6, 6.07) is 12.2. The molecular formula is C22H23F2N3O3. The van der Waals surface area contributed by atoms with Gasteiger partial charge in [-0.2, -0.15) is 10.1 Å². The zero-order chi connectivity index (χ0) is 21.9. The topological polar surface area (TPSA) is 71.0 Å². The SMILES string of the molecule is CCCOc1ccc(N2N=C(C)C(C(=O)Nc3cccc(C(C)(F)F)c3)C2=O)cc1. The van der Waals surface area contributed by atoms with E-state index in [0.29, 0.717) is 23.8 Å². The molecule has 0 aromatic heterocycles. The Morgan fingerprint density at radius 2 is 1.93 bits per heavy atom. The maximum absolute atomic E-state index is 13.5. The molecule has 3 rings (SSSR count). The van der Waals surface area contributed by atoms with Gasteiger partial charge in [0, 0.05) is 18.2 Å². The number of benzene rings is 2. The molecule has 2 amide bonds. The van der Waals surface area contributed by atoms with Gasteiger partial charge in [-0.05, 0) is 49.7 Å². The number of amides is 2. The molecule has 1 atom stereocenters. The van der Waals surface area contributed by atoms with Crippen LogP contribution < -0.4 is 15.1 Å². The fourth-order valence-electron chi connectivity index (χ4n) is 3.04. The van der Waals surface area contributed by atoms with E-state index in [4.69, 9.17) is 4.74 Å². The van der Waals surface area contributed by atoms with Crippen molar-refractivity contribution >= 4 is 28.9 Å². The van der Waals surface area contributed by atoms with E-state index < -0.39 is 23.7 Å². The standard InChI is InChI=1S/C22H23F2N3O3/c1-4-12-30-18-10-8-17(9-11-18)27-21(29)19(14(2)26-27)20(28)25-16-7-5-6-15(13-16)22(3,23)24/h5-11,13,19H,4,12H2,1-3H3,(H,25,28). The molecule has 158 valence electrons. The van der Waals surface area contributed by atoms with Gasteiger partial charge >= 0.3 is 0 Å². The fourth-order valence-corrected chi connectivity index (χ4v) is 3.04. The third-order valence-corrected chi connectivity index (χ3v) is 4.58. The number of alkyl halides is 2. The summed E-state index contributed by atoms with van der Waals surface area (Å²) in [5, 5.41) is 7.92. The monoisotopic (exact) mass is 415 g/mol. The Kier molecular flexibility index (Phi) is 6.14. The Labute approximate surface area is 173 Å². The van der Waals surface area contributed by atoms with Crippen LogP contribution in [0.3, 0.4) is 0 Å². The summed E-state index contributed by atoms with van der Waals surface area (Å²) in [6.45, 7) is 4.95. The predicted molar refractivity (Wildman–Crippen MR) is 111 cm³/mol. The normalized spacial score (nSPS) is 16.4. The molecule has 0 aliphatic carbocycles. The molecule has 0 spiro atoms. The number of halogens is 2. The lowest BCUT2D eigenvalue weighted by atomic mass is 10.0. The molecule has 1 aliphatic rings. The number of carbonyl (C=O) groups excluding carboxylic acids is 2. The van der Waals surface area contributed by atoms with E-state index in [1.165, 1.54) is 29.3 Å². The first-order valence-electron chi connectivity index (χ1n) is 9.62. The number of carbonyl (C=O) groups is 2. The van der Waals surface area contributed by atoms with E-state index in [-0.39, 0.29) is 11.3 Å². The van der Waals surface area contributed by atoms with Crippen LogP contribution in [0, 0.1) is 5.92 Å². The van der Waals surface area contributed by atoms with Crippen molar-refractivity contribution in [2.45, 2.75) is 33.1 Å². The van der Waals surface area contributed by atoms with Gasteiger partial charge in [0.25, 0.3) is 11.8 Å². The number of rotatable bonds is 7. The smallest absolute Gasteiger partial charge is 0.270 e. The van der Waals surface area contributed by atoms with Gasteiger partial charge in [-0.1, -0.05) is 19.1 Å². The van der Waals surface area contributed by atoms with Crippen LogP contribution in [0.25, 0.3) is 0 Å². The lowest BCUT2D eigenvalue weighted by Crippen LogP contribution is -2.36. The molecule has 0 saturated carbocycles. The number of hydrogen-bond donors (Lipinski definition) is 1. The van der Waals surface area contributed by atoms with E-state index in [9.17, 15) is 18.4 Å². The van der Waals surface area contributed by atoms with Crippen molar-refractivity contribution < 1.29 is 23.1 Å². The van der Waals surface area contributed by atoms with E-state index >= 15 is 0 Å². The van der Waals surface area contributed by atoms with Crippen LogP contribution in [0.4, 0.5) is 20.2 Å². The zero-order valence-corrected chi connectivity index (χ0v) is 17.0. The average molecular weight is 415 g/mol. The number of ether oxygens (including phenoxy) is 1. The van der Waals surface area contributed by atoms with Gasteiger partial charge in [-0.15, -0.1) is 0 Å². The van der Waals surface area contributed by atoms with Crippen LogP contribution in [-0.2, 0) is 15.5 Å². The summed E-state index contributed by atoms with van der Waals surface area (Å²) in [4.78, 5) is 25.5. The minimum atomic E-state index is -3.04. The van der Waals surface area contributed by atoms with Crippen molar-refractivity contribution in [1.29, 1.82) is 0 Å². The first-order chi connectivity index (χ1) is 14.2. The van der Waals surface area contributed by atoms with Crippen LogP contribution in [0.5, 0.6) is 5.75 Å². The molecule has 6 nitrogen and oxygen atoms in total. The lowest BCUT2D eigenvalue weighted by Gasteiger charge is -2.16. The highest BCUT2D eigenvalue weighted by Crippen LogP contribution is 2.30. The summed E-state index contributed by atoms with van der Waals surface area (Å²) in [5.74, 6) is -4.63. The van der Waals surface area contributed by atoms with E-state index in [2.05, 4.69) is 10.4 Å². The lowest BCUT2D eigenvalue weighted by molar-refractivity contribution is -0.127. The van der Waals surface area contributed by atoms with Gasteiger partial charge in [-0.25, -0.2) is 8.78 Å². The van der Waals surface area contributed by atoms with Crippen LogP contribution in [0.1, 0.15) is 32.8 Å². The summed E-state index contributed by atoms with van der Waals surface area (Å²) in [5.41, 5.74) is 0.790. The quantitative estimate of drug-likeness (QED) is 0.674. The first-order valence-corrected chi connectivity index (χ1v) is 9.62. The Morgan fingerprint density at radius 1 is 1.23 bits per heavy atom. The molecule has 0 radical (unpaired) electrons. The van der Waals surface area contributed by atoms with Gasteiger partial charge in [0.05, 0.1) is 18.0 Å². The van der Waals surface area contributed by atoms with E-state index in [1.54, 1.807) is 31.2 Å². The molecule has 0 bridgehead atoms. The van der Waals surface area contributed by atoms with Gasteiger partial charge in [-0.3, -0.25) is 9.59 Å². The molecule has 1 heterocycles. The maximum Gasteiger partial charge on any atom is 0.270 e. The Balaban J connectivity index is 1.73. The second-order valence-corrected chi connectivity index (χ2v) is 7.13. The largest absolute Gasteiger partial charge is 0.494 e. The molecule has 8 heteroatoms. The third-order valence-electron chi connectivity index (χ3n) is 4.58. The van der Waals surface area contributed by atoms with Crippen LogP contribution in [0.2, 0.25) is 0 Å². The van der Waals surface area contributed by atoms with Gasteiger partial charge < -0.3 is 10.1 Å². The van der Waals surface area contributed by atoms with Crippen LogP contribution >= 0.6 is 0 Å². The average Bonchev–Trinajstić information content (AvgIpc) is 3.00. The van der Waals surface area contributed by atoms with Crippen molar-refractivity contribution in [3.63, 3.8) is 0 Å². The molecule has 30 heavy (non-hydrogen) atoms. The van der Waals surface area contributed by atoms with E-state index in [0.717, 1.165) is 13.3 Å². The van der Waals surface area contributed by atoms with Crippen LogP contribution in [0.15, 0.2) is 53.6 Å². The predicted octanol–water partition coefficient (Wildman–Crippen LogP) is 4.56. The molecule has 0 fully saturated rings. The summed E-state index contributed by atoms with van der Waals surface area (Å²) in [6.07, 6.45) is 0.880. The molecule has 1 unspecified atom stereocenters. The van der Waals surface area contributed by atoms with Crippen molar-refractivity contribution in [3.05, 3.63) is 54.1 Å². The number of hydrazone groups is 1. The minimum Gasteiger partial charge on any atom is -0.494 e. The van der Waals surface area contributed by atoms with Gasteiger partial charge in [0.1, 0.15) is 5.75 Å². The third kappa shape index (κ3) is 4.64. The summed E-state index contributed by atoms with van der Waals surface area (Å²) >= 11 is 0. The number of anilines is 2. The van der Waals surface area contributed by atoms with Crippen molar-refractivity contribution in [2.24, 2.45) is 11.0 Å². The Bertz CT molecular complexity index is 968. The molecule has 2 aromatic rings. The van der Waals surface area contributed by atoms with Crippen molar-refractivity contribution in [2.75, 3.05) is 16.9 Å². The van der Waals surface area contributed by atoms with Gasteiger partial charge in [0.15, 0.2) is 5.92 Å².